The Balaban J connectivity index is 2.45. The van der Waals surface area contributed by atoms with Crippen molar-refractivity contribution in [1.82, 2.24) is 19.7 Å². The van der Waals surface area contributed by atoms with E-state index in [2.05, 4.69) is 22.0 Å². The largest absolute Gasteiger partial charge is 0.490 e. The average Bonchev–Trinajstić information content (AvgIpc) is 2.78. The number of nitrogens with one attached hydrogen (secondary N) is 1. The smallest absolute Gasteiger partial charge is 0.293 e. The molecule has 0 spiro atoms. The van der Waals surface area contributed by atoms with E-state index >= 15 is 0 Å². The predicted molar refractivity (Wildman–Crippen MR) is 62.9 cm³/mol. The second-order valence-corrected chi connectivity index (χ2v) is 3.61. The number of methoxy groups -OCH3 is 1. The molecule has 90 valence electrons. The molecule has 2 rings (SSSR count). The molecule has 2 heterocycles. The van der Waals surface area contributed by atoms with Gasteiger partial charge in [-0.1, -0.05) is 6.92 Å². The van der Waals surface area contributed by atoms with Gasteiger partial charge in [-0.15, -0.1) is 0 Å². The molecule has 0 atom stereocenters. The average molecular weight is 234 g/mol. The molecule has 2 aromatic heterocycles. The second-order valence-electron chi connectivity index (χ2n) is 3.61. The number of hydrogen-bond donors (Lipinski definition) is 1. The lowest BCUT2D eigenvalue weighted by atomic mass is 10.2. The minimum absolute atomic E-state index is 0.212. The summed E-state index contributed by atoms with van der Waals surface area (Å²) in [6.45, 7) is 2.92. The summed E-state index contributed by atoms with van der Waals surface area (Å²) in [5, 5.41) is 4.20. The zero-order valence-corrected chi connectivity index (χ0v) is 9.80. The fraction of sp³-hybridized carbons (Fsp3) is 0.364. The van der Waals surface area contributed by atoms with E-state index in [0.717, 1.165) is 18.5 Å². The minimum Gasteiger partial charge on any atom is -0.490 e. The number of ether oxygens (including phenoxy) is 1. The fourth-order valence-electron chi connectivity index (χ4n) is 1.62. The van der Waals surface area contributed by atoms with Gasteiger partial charge in [-0.3, -0.25) is 9.48 Å². The molecule has 1 N–H and O–H groups in total. The molecule has 2 aromatic rings. The van der Waals surface area contributed by atoms with Crippen molar-refractivity contribution in [2.24, 2.45) is 0 Å². The van der Waals surface area contributed by atoms with Crippen LogP contribution in [-0.4, -0.2) is 26.9 Å². The van der Waals surface area contributed by atoms with E-state index in [-0.39, 0.29) is 11.3 Å². The van der Waals surface area contributed by atoms with Crippen molar-refractivity contribution < 1.29 is 4.74 Å². The van der Waals surface area contributed by atoms with Crippen molar-refractivity contribution in [3.63, 3.8) is 0 Å². The normalized spacial score (nSPS) is 10.5. The van der Waals surface area contributed by atoms with Gasteiger partial charge >= 0.3 is 0 Å². The van der Waals surface area contributed by atoms with E-state index in [9.17, 15) is 4.79 Å². The van der Waals surface area contributed by atoms with Gasteiger partial charge in [0.1, 0.15) is 5.69 Å². The second kappa shape index (κ2) is 4.82. The zero-order valence-electron chi connectivity index (χ0n) is 9.80. The van der Waals surface area contributed by atoms with Crippen LogP contribution in [0.25, 0.3) is 11.3 Å². The Labute approximate surface area is 98.3 Å². The maximum Gasteiger partial charge on any atom is 0.293 e. The van der Waals surface area contributed by atoms with Gasteiger partial charge in [0.05, 0.1) is 19.6 Å². The summed E-state index contributed by atoms with van der Waals surface area (Å²) in [6.07, 6.45) is 5.89. The first-order chi connectivity index (χ1) is 8.26. The molecule has 0 unspecified atom stereocenters. The van der Waals surface area contributed by atoms with Crippen LogP contribution in [0.1, 0.15) is 13.3 Å². The van der Waals surface area contributed by atoms with E-state index in [1.165, 1.54) is 13.4 Å². The van der Waals surface area contributed by atoms with Gasteiger partial charge in [0.2, 0.25) is 5.75 Å². The lowest BCUT2D eigenvalue weighted by molar-refractivity contribution is 0.408. The zero-order chi connectivity index (χ0) is 12.3. The number of hydrogen-bond acceptors (Lipinski definition) is 4. The number of aromatic amines is 1. The van der Waals surface area contributed by atoms with E-state index in [4.69, 9.17) is 4.74 Å². The molecular formula is C11H14N4O2. The van der Waals surface area contributed by atoms with E-state index < -0.39 is 0 Å². The number of nitrogens with zero attached hydrogens (tertiary/aromatic N) is 3. The molecule has 6 heteroatoms. The van der Waals surface area contributed by atoms with Gasteiger partial charge in [-0.25, -0.2) is 4.98 Å². The number of aryl methyl sites for hydroxylation is 1. The Morgan fingerprint density at radius 1 is 1.53 bits per heavy atom. The van der Waals surface area contributed by atoms with Crippen LogP contribution in [0.4, 0.5) is 0 Å². The summed E-state index contributed by atoms with van der Waals surface area (Å²) in [5.74, 6) is 0.212. The topological polar surface area (TPSA) is 72.8 Å². The van der Waals surface area contributed by atoms with E-state index in [1.807, 2.05) is 10.9 Å². The minimum atomic E-state index is -0.291. The third kappa shape index (κ3) is 2.20. The van der Waals surface area contributed by atoms with Crippen LogP contribution in [0.15, 0.2) is 23.5 Å². The highest BCUT2D eigenvalue weighted by atomic mass is 16.5. The summed E-state index contributed by atoms with van der Waals surface area (Å²) in [7, 11) is 1.45. The standard InChI is InChI=1S/C11H14N4O2/c1-3-4-15-6-8(5-14-15)9-10(17-2)11(16)13-7-12-9/h5-7H,3-4H2,1-2H3,(H,12,13,16). The number of aromatic nitrogens is 4. The molecule has 0 saturated carbocycles. The summed E-state index contributed by atoms with van der Waals surface area (Å²) in [6, 6.07) is 0. The maximum absolute atomic E-state index is 11.5. The van der Waals surface area contributed by atoms with Gasteiger partial charge in [0.25, 0.3) is 5.56 Å². The third-order valence-corrected chi connectivity index (χ3v) is 2.37. The summed E-state index contributed by atoms with van der Waals surface area (Å²) < 4.78 is 6.87. The van der Waals surface area contributed by atoms with Crippen LogP contribution < -0.4 is 10.3 Å². The fourth-order valence-corrected chi connectivity index (χ4v) is 1.62. The highest BCUT2D eigenvalue weighted by Crippen LogP contribution is 2.22. The Morgan fingerprint density at radius 3 is 3.06 bits per heavy atom. The van der Waals surface area contributed by atoms with Crippen LogP contribution in [0.3, 0.4) is 0 Å². The highest BCUT2D eigenvalue weighted by Gasteiger charge is 2.12. The Kier molecular flexibility index (Phi) is 3.22. The molecule has 6 nitrogen and oxygen atoms in total. The first-order valence-corrected chi connectivity index (χ1v) is 5.40. The van der Waals surface area contributed by atoms with Gasteiger partial charge in [-0.2, -0.15) is 5.10 Å². The molecule has 17 heavy (non-hydrogen) atoms. The van der Waals surface area contributed by atoms with E-state index in [0.29, 0.717) is 5.69 Å². The molecule has 0 radical (unpaired) electrons. The summed E-state index contributed by atoms with van der Waals surface area (Å²) in [5.41, 5.74) is 1.00. The van der Waals surface area contributed by atoms with Gasteiger partial charge in [0.15, 0.2) is 0 Å². The number of H-pyrrole nitrogens is 1. The van der Waals surface area contributed by atoms with Crippen LogP contribution in [-0.2, 0) is 6.54 Å². The Bertz CT molecular complexity index is 559. The van der Waals surface area contributed by atoms with Crippen LogP contribution in [0, 0.1) is 0 Å². The van der Waals surface area contributed by atoms with Gasteiger partial charge < -0.3 is 9.72 Å². The molecule has 0 fully saturated rings. The molecule has 0 aliphatic rings. The number of rotatable bonds is 4. The predicted octanol–water partition coefficient (Wildman–Crippen LogP) is 1.05. The summed E-state index contributed by atoms with van der Waals surface area (Å²) in [4.78, 5) is 18.1. The van der Waals surface area contributed by atoms with Gasteiger partial charge in [-0.05, 0) is 6.42 Å². The SMILES string of the molecule is CCCn1cc(-c2nc[nH]c(=O)c2OC)cn1. The molecule has 0 bridgehead atoms. The van der Waals surface area contributed by atoms with E-state index in [1.54, 1.807) is 6.20 Å². The molecular weight excluding hydrogens is 220 g/mol. The van der Waals surface area contributed by atoms with Crippen molar-refractivity contribution in [2.75, 3.05) is 7.11 Å². The Morgan fingerprint density at radius 2 is 2.35 bits per heavy atom. The lowest BCUT2D eigenvalue weighted by Crippen LogP contribution is -2.10. The third-order valence-electron chi connectivity index (χ3n) is 2.37. The van der Waals surface area contributed by atoms with Crippen molar-refractivity contribution >= 4 is 0 Å². The van der Waals surface area contributed by atoms with Crippen LogP contribution in [0.5, 0.6) is 5.75 Å². The van der Waals surface area contributed by atoms with Crippen molar-refractivity contribution in [3.05, 3.63) is 29.1 Å². The highest BCUT2D eigenvalue weighted by molar-refractivity contribution is 5.63. The van der Waals surface area contributed by atoms with Crippen molar-refractivity contribution in [3.8, 4) is 17.0 Å². The van der Waals surface area contributed by atoms with Crippen LogP contribution >= 0.6 is 0 Å². The molecule has 0 saturated heterocycles. The molecule has 0 aliphatic heterocycles. The van der Waals surface area contributed by atoms with Gasteiger partial charge in [0, 0.05) is 18.3 Å². The van der Waals surface area contributed by atoms with Crippen LogP contribution in [0.2, 0.25) is 0 Å². The molecule has 0 aromatic carbocycles. The first kappa shape index (κ1) is 11.4. The van der Waals surface area contributed by atoms with Crippen molar-refractivity contribution in [2.45, 2.75) is 19.9 Å². The maximum atomic E-state index is 11.5. The quantitative estimate of drug-likeness (QED) is 0.858. The summed E-state index contributed by atoms with van der Waals surface area (Å²) >= 11 is 0. The first-order valence-electron chi connectivity index (χ1n) is 5.40. The molecule has 0 aliphatic carbocycles. The lowest BCUT2D eigenvalue weighted by Gasteiger charge is -2.03. The Hall–Kier alpha value is -2.11. The molecule has 0 amide bonds. The van der Waals surface area contributed by atoms with Crippen molar-refractivity contribution in [1.29, 1.82) is 0 Å². The monoisotopic (exact) mass is 234 g/mol.